The predicted octanol–water partition coefficient (Wildman–Crippen LogP) is 1.70. The van der Waals surface area contributed by atoms with Gasteiger partial charge < -0.3 is 10.8 Å². The van der Waals surface area contributed by atoms with Crippen molar-refractivity contribution in [3.05, 3.63) is 48.4 Å². The molecule has 3 N–H and O–H groups in total. The number of carboxylic acids is 1. The molecule has 0 saturated heterocycles. The summed E-state index contributed by atoms with van der Waals surface area (Å²) in [6, 6.07) is 8.97. The molecule has 3 rings (SSSR count). The quantitative estimate of drug-likeness (QED) is 0.725. The van der Waals surface area contributed by atoms with Gasteiger partial charge in [0, 0.05) is 0 Å². The Labute approximate surface area is 108 Å². The van der Waals surface area contributed by atoms with Crippen molar-refractivity contribution >= 4 is 22.7 Å². The maximum Gasteiger partial charge on any atom is 0.337 e. The monoisotopic (exact) mass is 254 g/mol. The number of nitrogen functional groups attached to an aromatic ring is 1. The zero-order valence-corrected chi connectivity index (χ0v) is 9.82. The molecule has 0 fully saturated rings. The van der Waals surface area contributed by atoms with Gasteiger partial charge in [0.25, 0.3) is 0 Å². The van der Waals surface area contributed by atoms with E-state index in [2.05, 4.69) is 9.97 Å². The molecule has 0 saturated carbocycles. The number of nitrogens with zero attached hydrogens (tertiary/aromatic N) is 3. The predicted molar refractivity (Wildman–Crippen MR) is 70.2 cm³/mol. The van der Waals surface area contributed by atoms with Crippen molar-refractivity contribution in [1.82, 2.24) is 14.5 Å². The molecule has 0 amide bonds. The summed E-state index contributed by atoms with van der Waals surface area (Å²) in [5, 5.41) is 9.07. The zero-order valence-electron chi connectivity index (χ0n) is 9.82. The number of imidazole rings is 1. The van der Waals surface area contributed by atoms with E-state index in [0.717, 1.165) is 11.0 Å². The first-order valence-electron chi connectivity index (χ1n) is 5.58. The number of hydrogen-bond acceptors (Lipinski definition) is 4. The summed E-state index contributed by atoms with van der Waals surface area (Å²) in [5.41, 5.74) is 7.43. The van der Waals surface area contributed by atoms with Crippen LogP contribution in [0.4, 0.5) is 5.69 Å². The Hall–Kier alpha value is -2.89. The molecule has 2 aromatic heterocycles. The highest BCUT2D eigenvalue weighted by molar-refractivity contribution is 5.94. The van der Waals surface area contributed by atoms with Gasteiger partial charge in [-0.2, -0.15) is 0 Å². The second-order valence-electron chi connectivity index (χ2n) is 4.04. The second kappa shape index (κ2) is 4.09. The SMILES string of the molecule is Nc1cnc(-n2cnc3ccccc32)cc1C(=O)O. The van der Waals surface area contributed by atoms with E-state index in [-0.39, 0.29) is 11.3 Å². The number of aromatic nitrogens is 3. The third-order valence-electron chi connectivity index (χ3n) is 2.85. The fraction of sp³-hybridized carbons (Fsp3) is 0. The number of para-hydroxylation sites is 2. The van der Waals surface area contributed by atoms with Gasteiger partial charge in [-0.15, -0.1) is 0 Å². The van der Waals surface area contributed by atoms with Crippen LogP contribution in [0.3, 0.4) is 0 Å². The average Bonchev–Trinajstić information content (AvgIpc) is 2.83. The summed E-state index contributed by atoms with van der Waals surface area (Å²) >= 11 is 0. The molecule has 0 aliphatic heterocycles. The lowest BCUT2D eigenvalue weighted by Crippen LogP contribution is -2.06. The number of nitrogens with two attached hydrogens (primary N) is 1. The number of carbonyl (C=O) groups is 1. The van der Waals surface area contributed by atoms with Crippen LogP contribution < -0.4 is 5.73 Å². The minimum atomic E-state index is -1.08. The summed E-state index contributed by atoms with van der Waals surface area (Å²) in [6.45, 7) is 0. The Morgan fingerprint density at radius 3 is 2.84 bits per heavy atom. The lowest BCUT2D eigenvalue weighted by Gasteiger charge is -2.06. The van der Waals surface area contributed by atoms with Gasteiger partial charge in [0.15, 0.2) is 0 Å². The fourth-order valence-corrected chi connectivity index (χ4v) is 1.91. The number of hydrogen-bond donors (Lipinski definition) is 2. The van der Waals surface area contributed by atoms with Crippen LogP contribution in [0.1, 0.15) is 10.4 Å². The lowest BCUT2D eigenvalue weighted by atomic mass is 10.2. The number of anilines is 1. The Bertz CT molecular complexity index is 779. The molecule has 0 radical (unpaired) electrons. The molecule has 6 heteroatoms. The van der Waals surface area contributed by atoms with Crippen molar-refractivity contribution in [2.75, 3.05) is 5.73 Å². The van der Waals surface area contributed by atoms with Crippen LogP contribution in [0, 0.1) is 0 Å². The molecule has 0 bridgehead atoms. The molecule has 19 heavy (non-hydrogen) atoms. The van der Waals surface area contributed by atoms with Crippen LogP contribution in [0.15, 0.2) is 42.9 Å². The highest BCUT2D eigenvalue weighted by Crippen LogP contribution is 2.19. The van der Waals surface area contributed by atoms with E-state index in [4.69, 9.17) is 10.8 Å². The molecule has 3 aromatic rings. The molecule has 0 aliphatic carbocycles. The largest absolute Gasteiger partial charge is 0.478 e. The van der Waals surface area contributed by atoms with E-state index in [1.807, 2.05) is 24.3 Å². The lowest BCUT2D eigenvalue weighted by molar-refractivity contribution is 0.0698. The second-order valence-corrected chi connectivity index (χ2v) is 4.04. The van der Waals surface area contributed by atoms with Gasteiger partial charge in [-0.1, -0.05) is 12.1 Å². The fourth-order valence-electron chi connectivity index (χ4n) is 1.91. The van der Waals surface area contributed by atoms with E-state index in [0.29, 0.717) is 5.82 Å². The van der Waals surface area contributed by atoms with Crippen LogP contribution in [-0.2, 0) is 0 Å². The molecular formula is C13H10N4O2. The van der Waals surface area contributed by atoms with Gasteiger partial charge in [0.1, 0.15) is 12.1 Å². The molecule has 2 heterocycles. The number of benzene rings is 1. The number of pyridine rings is 1. The molecule has 0 aliphatic rings. The summed E-state index contributed by atoms with van der Waals surface area (Å²) in [4.78, 5) is 19.5. The Kier molecular flexibility index (Phi) is 2.42. The Balaban J connectivity index is 2.22. The first kappa shape index (κ1) is 11.2. The van der Waals surface area contributed by atoms with E-state index < -0.39 is 5.97 Å². The van der Waals surface area contributed by atoms with Crippen LogP contribution in [0.25, 0.3) is 16.9 Å². The van der Waals surface area contributed by atoms with Crippen molar-refractivity contribution < 1.29 is 9.90 Å². The topological polar surface area (TPSA) is 94.0 Å². The zero-order chi connectivity index (χ0) is 13.4. The number of aromatic carboxylic acids is 1. The highest BCUT2D eigenvalue weighted by atomic mass is 16.4. The van der Waals surface area contributed by atoms with Gasteiger partial charge in [-0.3, -0.25) is 4.57 Å². The van der Waals surface area contributed by atoms with Gasteiger partial charge >= 0.3 is 5.97 Å². The van der Waals surface area contributed by atoms with Gasteiger partial charge in [-0.05, 0) is 18.2 Å². The van der Waals surface area contributed by atoms with Crippen LogP contribution in [0.5, 0.6) is 0 Å². The Morgan fingerprint density at radius 1 is 1.26 bits per heavy atom. The minimum Gasteiger partial charge on any atom is -0.478 e. The first-order valence-corrected chi connectivity index (χ1v) is 5.58. The maximum atomic E-state index is 11.1. The molecule has 94 valence electrons. The molecule has 6 nitrogen and oxygen atoms in total. The van der Waals surface area contributed by atoms with E-state index in [1.165, 1.54) is 12.3 Å². The number of fused-ring (bicyclic) bond motifs is 1. The minimum absolute atomic E-state index is 0.0304. The van der Waals surface area contributed by atoms with E-state index >= 15 is 0 Å². The summed E-state index contributed by atoms with van der Waals surface area (Å²) in [5.74, 6) is -0.606. The van der Waals surface area contributed by atoms with Gasteiger partial charge in [0.2, 0.25) is 0 Å². The maximum absolute atomic E-state index is 11.1. The summed E-state index contributed by atoms with van der Waals surface area (Å²) in [7, 11) is 0. The van der Waals surface area contributed by atoms with Crippen molar-refractivity contribution in [2.45, 2.75) is 0 Å². The van der Waals surface area contributed by atoms with Crippen molar-refractivity contribution in [1.29, 1.82) is 0 Å². The standard InChI is InChI=1S/C13H10N4O2/c14-9-6-15-12(5-8(9)13(18)19)17-7-16-10-3-1-2-4-11(10)17/h1-7H,14H2,(H,18,19). The first-order chi connectivity index (χ1) is 9.16. The normalized spacial score (nSPS) is 10.7. The third kappa shape index (κ3) is 1.79. The van der Waals surface area contributed by atoms with E-state index in [1.54, 1.807) is 10.9 Å². The van der Waals surface area contributed by atoms with E-state index in [9.17, 15) is 4.79 Å². The highest BCUT2D eigenvalue weighted by Gasteiger charge is 2.12. The average molecular weight is 254 g/mol. The number of carboxylic acid groups (broad SMARTS) is 1. The van der Waals surface area contributed by atoms with Crippen LogP contribution in [-0.4, -0.2) is 25.6 Å². The molecule has 1 aromatic carbocycles. The third-order valence-corrected chi connectivity index (χ3v) is 2.85. The smallest absolute Gasteiger partial charge is 0.337 e. The van der Waals surface area contributed by atoms with Gasteiger partial charge in [0.05, 0.1) is 28.5 Å². The van der Waals surface area contributed by atoms with Crippen molar-refractivity contribution in [3.63, 3.8) is 0 Å². The molecule has 0 unspecified atom stereocenters. The molecule has 0 atom stereocenters. The molecule has 0 spiro atoms. The van der Waals surface area contributed by atoms with Gasteiger partial charge in [-0.25, -0.2) is 14.8 Å². The van der Waals surface area contributed by atoms with Crippen LogP contribution >= 0.6 is 0 Å². The summed E-state index contributed by atoms with van der Waals surface area (Å²) < 4.78 is 1.72. The van der Waals surface area contributed by atoms with Crippen molar-refractivity contribution in [2.24, 2.45) is 0 Å². The summed E-state index contributed by atoms with van der Waals surface area (Å²) in [6.07, 6.45) is 2.95. The van der Waals surface area contributed by atoms with Crippen molar-refractivity contribution in [3.8, 4) is 5.82 Å². The molecular weight excluding hydrogens is 244 g/mol. The van der Waals surface area contributed by atoms with Crippen LogP contribution in [0.2, 0.25) is 0 Å². The Morgan fingerprint density at radius 2 is 2.05 bits per heavy atom. The number of rotatable bonds is 2.